The second-order valence-electron chi connectivity index (χ2n) is 3.76. The number of aliphatic hydroxyl groups is 1. The molecule has 1 aliphatic carbocycles. The fourth-order valence-corrected chi connectivity index (χ4v) is 1.69. The lowest BCUT2D eigenvalue weighted by atomic mass is 10.1. The summed E-state index contributed by atoms with van der Waals surface area (Å²) in [7, 11) is 1.64. The lowest BCUT2D eigenvalue weighted by Gasteiger charge is -2.09. The van der Waals surface area contributed by atoms with Gasteiger partial charge < -0.3 is 9.84 Å². The number of ether oxygens (including phenoxy) is 1. The summed E-state index contributed by atoms with van der Waals surface area (Å²) >= 11 is 0. The highest BCUT2D eigenvalue weighted by Gasteiger charge is 2.50. The Bertz CT molecular complexity index is 304. The molecule has 2 atom stereocenters. The van der Waals surface area contributed by atoms with Gasteiger partial charge >= 0.3 is 0 Å². The molecule has 1 saturated carbocycles. The largest absolute Gasteiger partial charge is 0.497 e. The number of rotatable bonds is 2. The molecule has 0 heterocycles. The molecule has 0 aliphatic heterocycles. The van der Waals surface area contributed by atoms with E-state index in [1.165, 1.54) is 0 Å². The average Bonchev–Trinajstić information content (AvgIpc) is 2.76. The molecule has 2 rings (SSSR count). The number of hydrogen-bond donors (Lipinski definition) is 1. The van der Waals surface area contributed by atoms with Crippen LogP contribution >= 0.6 is 0 Å². The lowest BCUT2D eigenvalue weighted by molar-refractivity contribution is 0.134. The average molecular weight is 178 g/mol. The second-order valence-corrected chi connectivity index (χ2v) is 3.76. The Morgan fingerprint density at radius 2 is 1.92 bits per heavy atom. The van der Waals surface area contributed by atoms with Crippen LogP contribution in [0.4, 0.5) is 0 Å². The summed E-state index contributed by atoms with van der Waals surface area (Å²) in [4.78, 5) is 0. The van der Waals surface area contributed by atoms with Crippen LogP contribution in [0.3, 0.4) is 0 Å². The normalized spacial score (nSPS) is 31.5. The van der Waals surface area contributed by atoms with E-state index in [1.54, 1.807) is 7.11 Å². The van der Waals surface area contributed by atoms with Gasteiger partial charge in [0.25, 0.3) is 0 Å². The SMILES string of the molecule is COc1ccc([C@@]2(O)C[C@@H]2C)cc1. The third kappa shape index (κ3) is 1.31. The topological polar surface area (TPSA) is 29.5 Å². The Balaban J connectivity index is 2.24. The Morgan fingerprint density at radius 1 is 1.38 bits per heavy atom. The maximum absolute atomic E-state index is 9.99. The van der Waals surface area contributed by atoms with Gasteiger partial charge in [-0.3, -0.25) is 0 Å². The van der Waals surface area contributed by atoms with Crippen LogP contribution in [-0.2, 0) is 5.60 Å². The zero-order valence-corrected chi connectivity index (χ0v) is 7.95. The molecule has 0 saturated heterocycles. The zero-order chi connectivity index (χ0) is 9.47. The fourth-order valence-electron chi connectivity index (χ4n) is 1.69. The summed E-state index contributed by atoms with van der Waals surface area (Å²) in [5.74, 6) is 1.22. The monoisotopic (exact) mass is 178 g/mol. The molecule has 1 aromatic rings. The van der Waals surface area contributed by atoms with E-state index in [1.807, 2.05) is 24.3 Å². The smallest absolute Gasteiger partial charge is 0.118 e. The number of hydrogen-bond acceptors (Lipinski definition) is 2. The zero-order valence-electron chi connectivity index (χ0n) is 7.95. The van der Waals surface area contributed by atoms with Gasteiger partial charge in [-0.25, -0.2) is 0 Å². The molecular formula is C11H14O2. The molecule has 0 radical (unpaired) electrons. The second kappa shape index (κ2) is 2.74. The van der Waals surface area contributed by atoms with Gasteiger partial charge in [0.1, 0.15) is 5.75 Å². The van der Waals surface area contributed by atoms with Crippen LogP contribution in [0.2, 0.25) is 0 Å². The molecule has 1 aromatic carbocycles. The molecule has 0 amide bonds. The highest BCUT2D eigenvalue weighted by molar-refractivity contribution is 5.34. The van der Waals surface area contributed by atoms with Crippen molar-refractivity contribution < 1.29 is 9.84 Å². The molecule has 0 unspecified atom stereocenters. The Hall–Kier alpha value is -1.02. The molecule has 2 nitrogen and oxygen atoms in total. The summed E-state index contributed by atoms with van der Waals surface area (Å²) in [5.41, 5.74) is 0.438. The van der Waals surface area contributed by atoms with E-state index in [2.05, 4.69) is 6.92 Å². The molecule has 2 heteroatoms. The van der Waals surface area contributed by atoms with Crippen molar-refractivity contribution in [3.8, 4) is 5.75 Å². The van der Waals surface area contributed by atoms with Crippen molar-refractivity contribution in [2.45, 2.75) is 18.9 Å². The first-order valence-electron chi connectivity index (χ1n) is 4.54. The van der Waals surface area contributed by atoms with Gasteiger partial charge in [-0.15, -0.1) is 0 Å². The molecule has 0 spiro atoms. The molecule has 1 fully saturated rings. The van der Waals surface area contributed by atoms with Crippen LogP contribution in [0, 0.1) is 5.92 Å². The molecular weight excluding hydrogens is 164 g/mol. The van der Waals surface area contributed by atoms with E-state index < -0.39 is 5.60 Å². The van der Waals surface area contributed by atoms with Crippen LogP contribution in [0.25, 0.3) is 0 Å². The maximum atomic E-state index is 9.99. The minimum Gasteiger partial charge on any atom is -0.497 e. The summed E-state index contributed by atoms with van der Waals surface area (Å²) in [5, 5.41) is 9.99. The fraction of sp³-hybridized carbons (Fsp3) is 0.455. The van der Waals surface area contributed by atoms with E-state index in [0.717, 1.165) is 17.7 Å². The lowest BCUT2D eigenvalue weighted by Crippen LogP contribution is -2.06. The highest BCUT2D eigenvalue weighted by atomic mass is 16.5. The van der Waals surface area contributed by atoms with Crippen molar-refractivity contribution in [1.29, 1.82) is 0 Å². The van der Waals surface area contributed by atoms with Gasteiger partial charge in [0.05, 0.1) is 12.7 Å². The molecule has 70 valence electrons. The Labute approximate surface area is 78.2 Å². The van der Waals surface area contributed by atoms with Crippen molar-refractivity contribution in [2.75, 3.05) is 7.11 Å². The molecule has 0 bridgehead atoms. The summed E-state index contributed by atoms with van der Waals surface area (Å²) in [6, 6.07) is 7.64. The van der Waals surface area contributed by atoms with Crippen LogP contribution in [0.1, 0.15) is 18.9 Å². The summed E-state index contributed by atoms with van der Waals surface area (Å²) < 4.78 is 5.05. The van der Waals surface area contributed by atoms with Gasteiger partial charge in [0.15, 0.2) is 0 Å². The maximum Gasteiger partial charge on any atom is 0.118 e. The minimum atomic E-state index is -0.563. The van der Waals surface area contributed by atoms with Gasteiger partial charge in [-0.05, 0) is 30.0 Å². The van der Waals surface area contributed by atoms with E-state index in [0.29, 0.717) is 5.92 Å². The number of benzene rings is 1. The first kappa shape index (κ1) is 8.57. The summed E-state index contributed by atoms with van der Waals surface area (Å²) in [6.07, 6.45) is 0.874. The predicted molar refractivity (Wildman–Crippen MR) is 50.7 cm³/mol. The third-order valence-corrected chi connectivity index (χ3v) is 2.86. The first-order chi connectivity index (χ1) is 6.16. The standard InChI is InChI=1S/C11H14O2/c1-8-7-11(8,12)9-3-5-10(13-2)6-4-9/h3-6,8,12H,7H2,1-2H3/t8-,11+/m0/s1. The third-order valence-electron chi connectivity index (χ3n) is 2.86. The Morgan fingerprint density at radius 3 is 2.31 bits per heavy atom. The molecule has 1 aliphatic rings. The molecule has 0 aromatic heterocycles. The van der Waals surface area contributed by atoms with E-state index >= 15 is 0 Å². The quantitative estimate of drug-likeness (QED) is 0.749. The van der Waals surface area contributed by atoms with E-state index in [9.17, 15) is 5.11 Å². The van der Waals surface area contributed by atoms with Crippen molar-refractivity contribution in [3.05, 3.63) is 29.8 Å². The van der Waals surface area contributed by atoms with Gasteiger partial charge in [0.2, 0.25) is 0 Å². The van der Waals surface area contributed by atoms with Crippen molar-refractivity contribution in [1.82, 2.24) is 0 Å². The van der Waals surface area contributed by atoms with E-state index in [4.69, 9.17) is 4.74 Å². The first-order valence-corrected chi connectivity index (χ1v) is 4.54. The van der Waals surface area contributed by atoms with Gasteiger partial charge in [-0.1, -0.05) is 19.1 Å². The van der Waals surface area contributed by atoms with Crippen molar-refractivity contribution >= 4 is 0 Å². The van der Waals surface area contributed by atoms with Crippen LogP contribution < -0.4 is 4.74 Å². The molecule has 13 heavy (non-hydrogen) atoms. The van der Waals surface area contributed by atoms with Crippen LogP contribution in [0.15, 0.2) is 24.3 Å². The highest BCUT2D eigenvalue weighted by Crippen LogP contribution is 2.51. The minimum absolute atomic E-state index is 0.390. The van der Waals surface area contributed by atoms with E-state index in [-0.39, 0.29) is 0 Å². The van der Waals surface area contributed by atoms with Gasteiger partial charge in [-0.2, -0.15) is 0 Å². The van der Waals surface area contributed by atoms with Crippen molar-refractivity contribution in [3.63, 3.8) is 0 Å². The van der Waals surface area contributed by atoms with Gasteiger partial charge in [0, 0.05) is 0 Å². The number of methoxy groups -OCH3 is 1. The molecule has 1 N–H and O–H groups in total. The summed E-state index contributed by atoms with van der Waals surface area (Å²) in [6.45, 7) is 2.06. The Kier molecular flexibility index (Phi) is 1.81. The van der Waals surface area contributed by atoms with Crippen LogP contribution in [-0.4, -0.2) is 12.2 Å². The predicted octanol–water partition coefficient (Wildman–Crippen LogP) is 1.92. The van der Waals surface area contributed by atoms with Crippen LogP contribution in [0.5, 0.6) is 5.75 Å². The van der Waals surface area contributed by atoms with Crippen molar-refractivity contribution in [2.24, 2.45) is 5.92 Å².